The van der Waals surface area contributed by atoms with Gasteiger partial charge in [0.05, 0.1) is 12.7 Å². The second-order valence-electron chi connectivity index (χ2n) is 4.53. The second-order valence-corrected chi connectivity index (χ2v) is 4.53. The third-order valence-corrected chi connectivity index (χ3v) is 1.77. The van der Waals surface area contributed by atoms with Crippen LogP contribution >= 0.6 is 0 Å². The first-order valence-corrected chi connectivity index (χ1v) is 5.06. The van der Waals surface area contributed by atoms with E-state index < -0.39 is 5.60 Å². The van der Waals surface area contributed by atoms with E-state index in [1.54, 1.807) is 0 Å². The van der Waals surface area contributed by atoms with E-state index in [4.69, 9.17) is 9.47 Å². The number of hydrogen-bond donors (Lipinski definition) is 1. The van der Waals surface area contributed by atoms with Gasteiger partial charge in [0, 0.05) is 6.54 Å². The summed E-state index contributed by atoms with van der Waals surface area (Å²) in [5, 5.41) is 2.71. The zero-order valence-electron chi connectivity index (χ0n) is 9.13. The molecule has 0 aromatic heterocycles. The summed E-state index contributed by atoms with van der Waals surface area (Å²) in [6.07, 6.45) is 2.07. The van der Waals surface area contributed by atoms with Gasteiger partial charge in [0.2, 0.25) is 0 Å². The number of nitrogens with one attached hydrogen (secondary N) is 1. The molecule has 1 unspecified atom stereocenters. The Balaban J connectivity index is 1.96. The number of alkyl carbamates (subject to hydrolysis) is 1. The van der Waals surface area contributed by atoms with Gasteiger partial charge in [0.15, 0.2) is 0 Å². The third kappa shape index (κ3) is 5.80. The van der Waals surface area contributed by atoms with Crippen LogP contribution in [0.4, 0.5) is 4.79 Å². The summed E-state index contributed by atoms with van der Waals surface area (Å²) in [5.41, 5.74) is -0.413. The standard InChI is InChI=1S/C10H19NO3/c1-10(2,3)14-9(12)11-6-4-5-8-7-13-8/h8H,4-7H2,1-3H3,(H,11,12). The highest BCUT2D eigenvalue weighted by Gasteiger charge is 2.21. The van der Waals surface area contributed by atoms with Crippen LogP contribution in [0.5, 0.6) is 0 Å². The smallest absolute Gasteiger partial charge is 0.407 e. The van der Waals surface area contributed by atoms with Crippen LogP contribution in [-0.4, -0.2) is 30.9 Å². The zero-order chi connectivity index (χ0) is 10.6. The van der Waals surface area contributed by atoms with E-state index in [-0.39, 0.29) is 6.09 Å². The first-order chi connectivity index (χ1) is 6.47. The minimum Gasteiger partial charge on any atom is -0.444 e. The molecule has 82 valence electrons. The molecule has 1 saturated heterocycles. The van der Waals surface area contributed by atoms with Crippen molar-refractivity contribution in [3.8, 4) is 0 Å². The molecule has 0 spiro atoms. The molecule has 1 heterocycles. The number of ether oxygens (including phenoxy) is 2. The average molecular weight is 201 g/mol. The SMILES string of the molecule is CC(C)(C)OC(=O)NCCCC1CO1. The molecule has 1 N–H and O–H groups in total. The lowest BCUT2D eigenvalue weighted by Gasteiger charge is -2.19. The topological polar surface area (TPSA) is 50.9 Å². The predicted molar refractivity (Wildman–Crippen MR) is 53.2 cm³/mol. The molecule has 4 nitrogen and oxygen atoms in total. The first kappa shape index (κ1) is 11.3. The van der Waals surface area contributed by atoms with Gasteiger partial charge in [-0.2, -0.15) is 0 Å². The van der Waals surface area contributed by atoms with Gasteiger partial charge in [-0.25, -0.2) is 4.79 Å². The minimum absolute atomic E-state index is 0.339. The van der Waals surface area contributed by atoms with Crippen molar-refractivity contribution in [3.63, 3.8) is 0 Å². The van der Waals surface area contributed by atoms with Crippen LogP contribution in [0.1, 0.15) is 33.6 Å². The molecule has 0 radical (unpaired) electrons. The third-order valence-electron chi connectivity index (χ3n) is 1.77. The van der Waals surface area contributed by atoms with Crippen molar-refractivity contribution in [2.45, 2.75) is 45.3 Å². The molecular weight excluding hydrogens is 182 g/mol. The average Bonchev–Trinajstić information content (AvgIpc) is 2.77. The van der Waals surface area contributed by atoms with Crippen LogP contribution in [0.2, 0.25) is 0 Å². The minimum atomic E-state index is -0.413. The van der Waals surface area contributed by atoms with E-state index in [1.807, 2.05) is 20.8 Å². The molecule has 1 amide bonds. The lowest BCUT2D eigenvalue weighted by Crippen LogP contribution is -2.33. The molecule has 1 aliphatic rings. The van der Waals surface area contributed by atoms with Gasteiger partial charge < -0.3 is 14.8 Å². The normalized spacial score (nSPS) is 20.4. The van der Waals surface area contributed by atoms with E-state index in [0.29, 0.717) is 12.6 Å². The molecule has 0 aliphatic carbocycles. The number of hydrogen-bond acceptors (Lipinski definition) is 3. The predicted octanol–water partition coefficient (Wildman–Crippen LogP) is 1.69. The van der Waals surface area contributed by atoms with Gasteiger partial charge in [0.25, 0.3) is 0 Å². The van der Waals surface area contributed by atoms with Crippen molar-refractivity contribution in [2.24, 2.45) is 0 Å². The van der Waals surface area contributed by atoms with E-state index >= 15 is 0 Å². The number of carbonyl (C=O) groups excluding carboxylic acids is 1. The summed E-state index contributed by atoms with van der Waals surface area (Å²) in [6, 6.07) is 0. The van der Waals surface area contributed by atoms with Crippen LogP contribution in [0.15, 0.2) is 0 Å². The first-order valence-electron chi connectivity index (χ1n) is 5.06. The molecule has 1 aliphatic heterocycles. The van der Waals surface area contributed by atoms with Crippen molar-refractivity contribution >= 4 is 6.09 Å². The lowest BCUT2D eigenvalue weighted by molar-refractivity contribution is 0.0526. The maximum atomic E-state index is 11.2. The van der Waals surface area contributed by atoms with E-state index in [0.717, 1.165) is 19.4 Å². The Bertz CT molecular complexity index is 194. The Morgan fingerprint density at radius 2 is 2.21 bits per heavy atom. The fourth-order valence-electron chi connectivity index (χ4n) is 1.07. The number of rotatable bonds is 4. The van der Waals surface area contributed by atoms with Crippen molar-refractivity contribution in [2.75, 3.05) is 13.2 Å². The van der Waals surface area contributed by atoms with Gasteiger partial charge in [-0.3, -0.25) is 0 Å². The summed E-state index contributed by atoms with van der Waals surface area (Å²) in [7, 11) is 0. The molecule has 0 aromatic carbocycles. The molecule has 4 heteroatoms. The molecule has 0 aromatic rings. The van der Waals surface area contributed by atoms with Crippen molar-refractivity contribution in [3.05, 3.63) is 0 Å². The van der Waals surface area contributed by atoms with E-state index in [2.05, 4.69) is 5.32 Å². The molecular formula is C10H19NO3. The summed E-state index contributed by atoms with van der Waals surface area (Å²) < 4.78 is 10.1. The van der Waals surface area contributed by atoms with E-state index in [9.17, 15) is 4.79 Å². The summed E-state index contributed by atoms with van der Waals surface area (Å²) >= 11 is 0. The van der Waals surface area contributed by atoms with Crippen molar-refractivity contribution < 1.29 is 14.3 Å². The Hall–Kier alpha value is -0.770. The monoisotopic (exact) mass is 201 g/mol. The molecule has 1 atom stereocenters. The van der Waals surface area contributed by atoms with Crippen molar-refractivity contribution in [1.82, 2.24) is 5.32 Å². The number of amides is 1. The van der Waals surface area contributed by atoms with Crippen LogP contribution < -0.4 is 5.32 Å². The fourth-order valence-corrected chi connectivity index (χ4v) is 1.07. The van der Waals surface area contributed by atoms with Crippen LogP contribution in [0.25, 0.3) is 0 Å². The van der Waals surface area contributed by atoms with Gasteiger partial charge >= 0.3 is 6.09 Å². The zero-order valence-corrected chi connectivity index (χ0v) is 9.13. The highest BCUT2D eigenvalue weighted by molar-refractivity contribution is 5.67. The molecule has 1 fully saturated rings. The second kappa shape index (κ2) is 4.64. The Morgan fingerprint density at radius 3 is 2.71 bits per heavy atom. The quantitative estimate of drug-likeness (QED) is 0.556. The number of epoxide rings is 1. The highest BCUT2D eigenvalue weighted by atomic mass is 16.6. The summed E-state index contributed by atoms with van der Waals surface area (Å²) in [6.45, 7) is 7.10. The van der Waals surface area contributed by atoms with Crippen molar-refractivity contribution in [1.29, 1.82) is 0 Å². The van der Waals surface area contributed by atoms with Crippen LogP contribution in [0, 0.1) is 0 Å². The molecule has 0 bridgehead atoms. The Morgan fingerprint density at radius 1 is 1.57 bits per heavy atom. The van der Waals surface area contributed by atoms with Crippen LogP contribution in [0.3, 0.4) is 0 Å². The number of carbonyl (C=O) groups is 1. The largest absolute Gasteiger partial charge is 0.444 e. The maximum absolute atomic E-state index is 11.2. The van der Waals surface area contributed by atoms with Gasteiger partial charge in [-0.15, -0.1) is 0 Å². The molecule has 14 heavy (non-hydrogen) atoms. The van der Waals surface area contributed by atoms with E-state index in [1.165, 1.54) is 0 Å². The Labute approximate surface area is 85.0 Å². The fraction of sp³-hybridized carbons (Fsp3) is 0.900. The molecule has 1 rings (SSSR count). The maximum Gasteiger partial charge on any atom is 0.407 e. The van der Waals surface area contributed by atoms with Gasteiger partial charge in [0.1, 0.15) is 5.60 Å². The summed E-state index contributed by atoms with van der Waals surface area (Å²) in [5.74, 6) is 0. The van der Waals surface area contributed by atoms with Crippen LogP contribution in [-0.2, 0) is 9.47 Å². The molecule has 0 saturated carbocycles. The van der Waals surface area contributed by atoms with Gasteiger partial charge in [-0.05, 0) is 33.6 Å². The van der Waals surface area contributed by atoms with Gasteiger partial charge in [-0.1, -0.05) is 0 Å². The lowest BCUT2D eigenvalue weighted by atomic mass is 10.2. The highest BCUT2D eigenvalue weighted by Crippen LogP contribution is 2.14. The summed E-state index contributed by atoms with van der Waals surface area (Å²) in [4.78, 5) is 11.2. The Kier molecular flexibility index (Phi) is 3.75.